The lowest BCUT2D eigenvalue weighted by molar-refractivity contribution is -0.115. The molecule has 2 unspecified atom stereocenters. The summed E-state index contributed by atoms with van der Waals surface area (Å²) >= 11 is 1.29. The van der Waals surface area contributed by atoms with Crippen molar-refractivity contribution in [3.05, 3.63) is 88.6 Å². The number of nitrogens with one attached hydrogen (secondary N) is 1. The molecule has 1 aliphatic rings. The largest absolute Gasteiger partial charge is 0.478 e. The fourth-order valence-corrected chi connectivity index (χ4v) is 5.23. The van der Waals surface area contributed by atoms with Crippen molar-refractivity contribution >= 4 is 29.3 Å². The van der Waals surface area contributed by atoms with Gasteiger partial charge in [0.05, 0.1) is 16.4 Å². The first-order valence-electron chi connectivity index (χ1n) is 11.3. The topological polar surface area (TPSA) is 103 Å². The van der Waals surface area contributed by atoms with Gasteiger partial charge in [0.25, 0.3) is 0 Å². The van der Waals surface area contributed by atoms with Crippen LogP contribution in [-0.2, 0) is 17.6 Å². The Bertz CT molecular complexity index is 1250. The van der Waals surface area contributed by atoms with Crippen LogP contribution in [0.2, 0.25) is 0 Å². The van der Waals surface area contributed by atoms with Gasteiger partial charge in [-0.3, -0.25) is 4.79 Å². The lowest BCUT2D eigenvalue weighted by Crippen LogP contribution is -2.25. The van der Waals surface area contributed by atoms with Crippen molar-refractivity contribution in [3.63, 3.8) is 0 Å². The van der Waals surface area contributed by atoms with E-state index in [0.29, 0.717) is 28.6 Å². The van der Waals surface area contributed by atoms with Crippen LogP contribution in [0.3, 0.4) is 0 Å². The molecule has 34 heavy (non-hydrogen) atoms. The number of aromatic carboxylic acids is 1. The molecule has 0 radical (unpaired) electrons. The van der Waals surface area contributed by atoms with E-state index in [9.17, 15) is 20.0 Å². The number of carboxylic acids is 1. The third kappa shape index (κ3) is 5.29. The molecular weight excluding hydrogens is 446 g/mol. The smallest absolute Gasteiger partial charge is 0.335 e. The molecule has 0 fully saturated rings. The van der Waals surface area contributed by atoms with E-state index in [0.717, 1.165) is 30.5 Å². The Kier molecular flexibility index (Phi) is 7.29. The maximum atomic E-state index is 12.9. The van der Waals surface area contributed by atoms with Crippen molar-refractivity contribution < 1.29 is 14.7 Å². The van der Waals surface area contributed by atoms with Crippen LogP contribution in [0.15, 0.2) is 65.7 Å². The van der Waals surface area contributed by atoms with E-state index >= 15 is 0 Å². The number of hydrogen-bond donors (Lipinski definition) is 2. The van der Waals surface area contributed by atoms with E-state index in [1.807, 2.05) is 19.1 Å². The van der Waals surface area contributed by atoms with Crippen LogP contribution in [0.4, 0.5) is 5.69 Å². The number of aromatic nitrogens is 1. The Morgan fingerprint density at radius 3 is 2.71 bits per heavy atom. The summed E-state index contributed by atoms with van der Waals surface area (Å²) in [5, 5.41) is 21.9. The SMILES string of the molecule is CCC(Sc1nc2c(cc1C#N)CC(c1ccccc1)CC2)C(=O)Nc1cccc(C(=O)O)c1. The van der Waals surface area contributed by atoms with Crippen molar-refractivity contribution in [1.29, 1.82) is 5.26 Å². The van der Waals surface area contributed by atoms with Gasteiger partial charge in [0.2, 0.25) is 5.91 Å². The molecule has 4 rings (SSSR count). The van der Waals surface area contributed by atoms with E-state index in [1.165, 1.54) is 29.5 Å². The van der Waals surface area contributed by atoms with Crippen molar-refractivity contribution in [1.82, 2.24) is 4.98 Å². The zero-order valence-electron chi connectivity index (χ0n) is 18.8. The van der Waals surface area contributed by atoms with E-state index in [4.69, 9.17) is 4.98 Å². The maximum Gasteiger partial charge on any atom is 0.335 e. The number of amides is 1. The lowest BCUT2D eigenvalue weighted by atomic mass is 9.82. The second kappa shape index (κ2) is 10.5. The molecule has 7 heteroatoms. The summed E-state index contributed by atoms with van der Waals surface area (Å²) in [5.41, 5.74) is 4.42. The summed E-state index contributed by atoms with van der Waals surface area (Å²) < 4.78 is 0. The number of carbonyl (C=O) groups excluding carboxylic acids is 1. The normalized spacial score (nSPS) is 15.6. The molecule has 2 aromatic carbocycles. The first kappa shape index (κ1) is 23.5. The highest BCUT2D eigenvalue weighted by molar-refractivity contribution is 8.00. The number of anilines is 1. The molecule has 0 saturated heterocycles. The quantitative estimate of drug-likeness (QED) is 0.445. The van der Waals surface area contributed by atoms with Crippen molar-refractivity contribution in [2.45, 2.75) is 48.8 Å². The Hall–Kier alpha value is -3.63. The average molecular weight is 472 g/mol. The molecule has 1 heterocycles. The second-order valence-corrected chi connectivity index (χ2v) is 9.49. The van der Waals surface area contributed by atoms with Gasteiger partial charge in [-0.1, -0.05) is 55.1 Å². The molecule has 0 bridgehead atoms. The first-order valence-corrected chi connectivity index (χ1v) is 12.1. The molecule has 3 aromatic rings. The molecule has 2 atom stereocenters. The van der Waals surface area contributed by atoms with Crippen molar-refractivity contribution in [2.75, 3.05) is 5.32 Å². The Balaban J connectivity index is 1.51. The number of nitrogens with zero attached hydrogens (tertiary/aromatic N) is 2. The molecular formula is C27H25N3O3S. The number of carbonyl (C=O) groups is 2. The highest BCUT2D eigenvalue weighted by atomic mass is 32.2. The molecule has 0 saturated carbocycles. The van der Waals surface area contributed by atoms with Crippen LogP contribution in [0.1, 0.15) is 58.4 Å². The van der Waals surface area contributed by atoms with Crippen LogP contribution in [0.5, 0.6) is 0 Å². The Morgan fingerprint density at radius 1 is 1.21 bits per heavy atom. The summed E-state index contributed by atoms with van der Waals surface area (Å²) in [5.74, 6) is -0.886. The summed E-state index contributed by atoms with van der Waals surface area (Å²) in [6, 6.07) is 20.8. The Labute approximate surface area is 203 Å². The fraction of sp³-hybridized carbons (Fsp3) is 0.259. The molecule has 0 spiro atoms. The molecule has 0 aliphatic heterocycles. The molecule has 1 aromatic heterocycles. The molecule has 6 nitrogen and oxygen atoms in total. The summed E-state index contributed by atoms with van der Waals surface area (Å²) in [6.07, 6.45) is 3.22. The van der Waals surface area contributed by atoms with Crippen LogP contribution in [0, 0.1) is 11.3 Å². The van der Waals surface area contributed by atoms with Gasteiger partial charge in [-0.15, -0.1) is 0 Å². The molecule has 1 amide bonds. The third-order valence-corrected chi connectivity index (χ3v) is 7.40. The third-order valence-electron chi connectivity index (χ3n) is 6.04. The van der Waals surface area contributed by atoms with Gasteiger partial charge >= 0.3 is 5.97 Å². The van der Waals surface area contributed by atoms with Gasteiger partial charge < -0.3 is 10.4 Å². The van der Waals surface area contributed by atoms with Crippen LogP contribution in [-0.4, -0.2) is 27.2 Å². The van der Waals surface area contributed by atoms with Gasteiger partial charge in [-0.05, 0) is 67.0 Å². The first-order chi connectivity index (χ1) is 16.5. The van der Waals surface area contributed by atoms with Crippen LogP contribution in [0.25, 0.3) is 0 Å². The number of nitriles is 1. The van der Waals surface area contributed by atoms with Gasteiger partial charge in [-0.2, -0.15) is 5.26 Å². The molecule has 1 aliphatic carbocycles. The van der Waals surface area contributed by atoms with Crippen molar-refractivity contribution in [3.8, 4) is 6.07 Å². The van der Waals surface area contributed by atoms with Gasteiger partial charge in [0.1, 0.15) is 11.1 Å². The summed E-state index contributed by atoms with van der Waals surface area (Å²) in [6.45, 7) is 1.90. The number of rotatable bonds is 7. The number of thioether (sulfide) groups is 1. The highest BCUT2D eigenvalue weighted by Gasteiger charge is 2.26. The summed E-state index contributed by atoms with van der Waals surface area (Å²) in [7, 11) is 0. The number of hydrogen-bond acceptors (Lipinski definition) is 5. The number of benzene rings is 2. The van der Waals surface area contributed by atoms with E-state index < -0.39 is 11.2 Å². The average Bonchev–Trinajstić information content (AvgIpc) is 2.87. The Morgan fingerprint density at radius 2 is 2.00 bits per heavy atom. The molecule has 2 N–H and O–H groups in total. The zero-order chi connectivity index (χ0) is 24.1. The number of aryl methyl sites for hydroxylation is 1. The number of fused-ring (bicyclic) bond motifs is 1. The number of carboxylic acid groups (broad SMARTS) is 1. The second-order valence-electron chi connectivity index (χ2n) is 8.30. The monoisotopic (exact) mass is 471 g/mol. The molecule has 172 valence electrons. The maximum absolute atomic E-state index is 12.9. The van der Waals surface area contributed by atoms with Gasteiger partial charge in [-0.25, -0.2) is 9.78 Å². The van der Waals surface area contributed by atoms with Gasteiger partial charge in [0, 0.05) is 11.4 Å². The lowest BCUT2D eigenvalue weighted by Gasteiger charge is -2.25. The van der Waals surface area contributed by atoms with E-state index in [1.54, 1.807) is 12.1 Å². The predicted molar refractivity (Wildman–Crippen MR) is 132 cm³/mol. The van der Waals surface area contributed by atoms with Gasteiger partial charge in [0.15, 0.2) is 0 Å². The fourth-order valence-electron chi connectivity index (χ4n) is 4.23. The number of pyridine rings is 1. The minimum atomic E-state index is -1.05. The van der Waals surface area contributed by atoms with Crippen molar-refractivity contribution in [2.24, 2.45) is 0 Å². The minimum Gasteiger partial charge on any atom is -0.478 e. The summed E-state index contributed by atoms with van der Waals surface area (Å²) in [4.78, 5) is 28.9. The highest BCUT2D eigenvalue weighted by Crippen LogP contribution is 2.35. The van der Waals surface area contributed by atoms with E-state index in [-0.39, 0.29) is 11.5 Å². The van der Waals surface area contributed by atoms with E-state index in [2.05, 4.69) is 35.7 Å². The van der Waals surface area contributed by atoms with Crippen LogP contribution < -0.4 is 5.32 Å². The predicted octanol–water partition coefficient (Wildman–Crippen LogP) is 5.43. The van der Waals surface area contributed by atoms with Crippen LogP contribution >= 0.6 is 11.8 Å². The standard InChI is InChI=1S/C27H25N3O3S/c1-2-24(25(31)29-22-10-6-9-19(15-22)27(32)33)34-26-21(16-28)14-20-13-18(11-12-23(20)30-26)17-7-4-3-5-8-17/h3-10,14-15,18,24H,2,11-13H2,1H3,(H,29,31)(H,32,33). The zero-order valence-corrected chi connectivity index (χ0v) is 19.6. The minimum absolute atomic E-state index is 0.107.